The first-order valence-corrected chi connectivity index (χ1v) is 3.33. The first kappa shape index (κ1) is 8.85. The molecule has 0 aliphatic carbocycles. The van der Waals surface area contributed by atoms with E-state index in [2.05, 4.69) is 10.3 Å². The van der Waals surface area contributed by atoms with E-state index in [9.17, 15) is 4.53 Å². The quantitative estimate of drug-likeness (QED) is 0.613. The van der Waals surface area contributed by atoms with Crippen molar-refractivity contribution in [2.75, 3.05) is 13.1 Å². The van der Waals surface area contributed by atoms with Crippen LogP contribution in [-0.2, 0) is 4.94 Å². The average Bonchev–Trinajstić information content (AvgIpc) is 1.91. The summed E-state index contributed by atoms with van der Waals surface area (Å²) in [5.41, 5.74) is 0. The highest BCUT2D eigenvalue weighted by Crippen LogP contribution is 1.95. The van der Waals surface area contributed by atoms with E-state index in [1.54, 1.807) is 0 Å². The minimum Gasteiger partial charge on any atom is -0.314 e. The van der Waals surface area contributed by atoms with Crippen LogP contribution in [0.5, 0.6) is 0 Å². The third-order valence-electron chi connectivity index (χ3n) is 1.20. The molecule has 1 atom stereocenters. The van der Waals surface area contributed by atoms with E-state index >= 15 is 0 Å². The molecule has 0 aromatic heterocycles. The molecule has 3 heteroatoms. The van der Waals surface area contributed by atoms with Crippen LogP contribution >= 0.6 is 0 Å². The molecular weight excluding hydrogens is 121 g/mol. The summed E-state index contributed by atoms with van der Waals surface area (Å²) in [5, 5.41) is 2.99. The molecule has 2 nitrogen and oxygen atoms in total. The lowest BCUT2D eigenvalue weighted by atomic mass is 10.3. The molecule has 0 rings (SSSR count). The maximum atomic E-state index is 11.4. The highest BCUT2D eigenvalue weighted by molar-refractivity contribution is 4.55. The van der Waals surface area contributed by atoms with Crippen molar-refractivity contribution in [2.45, 2.75) is 26.4 Å². The zero-order valence-corrected chi connectivity index (χ0v) is 5.98. The molecule has 0 aromatic carbocycles. The number of nitrogens with one attached hydrogen (secondary N) is 1. The first-order valence-electron chi connectivity index (χ1n) is 3.33. The van der Waals surface area contributed by atoms with Gasteiger partial charge in [-0.15, -0.1) is 0 Å². The predicted molar refractivity (Wildman–Crippen MR) is 34.8 cm³/mol. The molecule has 0 aromatic rings. The third-order valence-corrected chi connectivity index (χ3v) is 1.20. The second-order valence-corrected chi connectivity index (χ2v) is 1.93. The Morgan fingerprint density at radius 3 is 2.56 bits per heavy atom. The Kier molecular flexibility index (Phi) is 5.88. The largest absolute Gasteiger partial charge is 0.314 e. The van der Waals surface area contributed by atoms with Crippen molar-refractivity contribution < 1.29 is 9.47 Å². The number of hydrogen-bond acceptors (Lipinski definition) is 2. The summed E-state index contributed by atoms with van der Waals surface area (Å²) in [4.78, 5) is 3.64. The minimum absolute atomic E-state index is 0.273. The fourth-order valence-corrected chi connectivity index (χ4v) is 0.544. The van der Waals surface area contributed by atoms with E-state index in [0.29, 0.717) is 13.0 Å². The van der Waals surface area contributed by atoms with Crippen molar-refractivity contribution in [3.05, 3.63) is 0 Å². The summed E-state index contributed by atoms with van der Waals surface area (Å²) < 4.78 is 11.4. The van der Waals surface area contributed by atoms with Gasteiger partial charge in [-0.1, -0.05) is 13.8 Å². The molecule has 0 amide bonds. The zero-order valence-electron chi connectivity index (χ0n) is 5.98. The van der Waals surface area contributed by atoms with Gasteiger partial charge in [-0.05, 0) is 17.5 Å². The maximum Gasteiger partial charge on any atom is 0.110 e. The molecule has 0 fully saturated rings. The molecule has 0 aliphatic rings. The van der Waals surface area contributed by atoms with E-state index in [0.717, 1.165) is 6.54 Å². The van der Waals surface area contributed by atoms with E-state index in [-0.39, 0.29) is 6.10 Å². The third kappa shape index (κ3) is 4.36. The molecule has 0 radical (unpaired) electrons. The van der Waals surface area contributed by atoms with E-state index in [1.165, 1.54) is 0 Å². The Labute approximate surface area is 55.3 Å². The van der Waals surface area contributed by atoms with Crippen molar-refractivity contribution in [1.29, 1.82) is 0 Å². The van der Waals surface area contributed by atoms with E-state index in [4.69, 9.17) is 0 Å². The van der Waals surface area contributed by atoms with Gasteiger partial charge >= 0.3 is 0 Å². The monoisotopic (exact) mass is 135 g/mol. The van der Waals surface area contributed by atoms with Crippen LogP contribution in [-0.4, -0.2) is 19.2 Å². The van der Waals surface area contributed by atoms with Crippen LogP contribution in [0.4, 0.5) is 4.53 Å². The van der Waals surface area contributed by atoms with Gasteiger partial charge in [0, 0.05) is 6.54 Å². The number of halogens is 1. The van der Waals surface area contributed by atoms with Crippen LogP contribution in [0.1, 0.15) is 20.3 Å². The van der Waals surface area contributed by atoms with Gasteiger partial charge in [0.25, 0.3) is 0 Å². The summed E-state index contributed by atoms with van der Waals surface area (Å²) in [7, 11) is 0. The zero-order chi connectivity index (χ0) is 7.11. The van der Waals surface area contributed by atoms with Gasteiger partial charge in [-0.3, -0.25) is 0 Å². The van der Waals surface area contributed by atoms with Gasteiger partial charge in [-0.2, -0.15) is 4.94 Å². The smallest absolute Gasteiger partial charge is 0.110 e. The molecule has 56 valence electrons. The second kappa shape index (κ2) is 5.98. The molecule has 0 spiro atoms. The summed E-state index contributed by atoms with van der Waals surface area (Å²) in [6.45, 7) is 5.33. The topological polar surface area (TPSA) is 21.3 Å². The molecule has 1 unspecified atom stereocenters. The summed E-state index contributed by atoms with van der Waals surface area (Å²) in [5.74, 6) is 0. The number of likely N-dealkylation sites (N-methyl/N-ethyl adjacent to an activating group) is 1. The van der Waals surface area contributed by atoms with E-state index in [1.807, 2.05) is 13.8 Å². The SMILES string of the molecule is CCNCC(CC)OF. The van der Waals surface area contributed by atoms with Crippen LogP contribution in [0, 0.1) is 0 Å². The fraction of sp³-hybridized carbons (Fsp3) is 1.00. The van der Waals surface area contributed by atoms with Gasteiger partial charge in [0.2, 0.25) is 0 Å². The van der Waals surface area contributed by atoms with Gasteiger partial charge < -0.3 is 5.32 Å². The molecule has 9 heavy (non-hydrogen) atoms. The second-order valence-electron chi connectivity index (χ2n) is 1.93. The highest BCUT2D eigenvalue weighted by Gasteiger charge is 2.03. The van der Waals surface area contributed by atoms with Crippen LogP contribution in [0.25, 0.3) is 0 Å². The number of hydrogen-bond donors (Lipinski definition) is 1. The Hall–Kier alpha value is -0.150. The van der Waals surface area contributed by atoms with Crippen LogP contribution in [0.15, 0.2) is 0 Å². The van der Waals surface area contributed by atoms with Crippen LogP contribution < -0.4 is 5.32 Å². The molecule has 0 heterocycles. The van der Waals surface area contributed by atoms with Gasteiger partial charge in [0.15, 0.2) is 0 Å². The fourth-order valence-electron chi connectivity index (χ4n) is 0.544. The molecule has 1 N–H and O–H groups in total. The Bertz CT molecular complexity index is 57.0. The molecule has 0 saturated carbocycles. The molecule has 0 bridgehead atoms. The van der Waals surface area contributed by atoms with Crippen molar-refractivity contribution in [3.8, 4) is 0 Å². The van der Waals surface area contributed by atoms with Crippen LogP contribution in [0.3, 0.4) is 0 Å². The Morgan fingerprint density at radius 2 is 2.22 bits per heavy atom. The lowest BCUT2D eigenvalue weighted by molar-refractivity contribution is -0.177. The lowest BCUT2D eigenvalue weighted by Gasteiger charge is -2.07. The molecule has 0 saturated heterocycles. The minimum atomic E-state index is -0.273. The lowest BCUT2D eigenvalue weighted by Crippen LogP contribution is -2.26. The highest BCUT2D eigenvalue weighted by atomic mass is 19.3. The summed E-state index contributed by atoms with van der Waals surface area (Å²) in [6.07, 6.45) is 0.439. The van der Waals surface area contributed by atoms with Crippen molar-refractivity contribution in [3.63, 3.8) is 0 Å². The Balaban J connectivity index is 3.09. The van der Waals surface area contributed by atoms with Gasteiger partial charge in [0.05, 0.1) is 0 Å². The van der Waals surface area contributed by atoms with E-state index < -0.39 is 0 Å². The first-order chi connectivity index (χ1) is 4.35. The summed E-state index contributed by atoms with van der Waals surface area (Å²) in [6, 6.07) is 0. The predicted octanol–water partition coefficient (Wildman–Crippen LogP) is 1.28. The standard InChI is InChI=1S/C6H14FNO/c1-3-6(9-7)5-8-4-2/h6,8H,3-5H2,1-2H3. The molecular formula is C6H14FNO. The van der Waals surface area contributed by atoms with Gasteiger partial charge in [-0.25, -0.2) is 0 Å². The van der Waals surface area contributed by atoms with Crippen LogP contribution in [0.2, 0.25) is 0 Å². The van der Waals surface area contributed by atoms with Crippen molar-refractivity contribution in [1.82, 2.24) is 5.32 Å². The van der Waals surface area contributed by atoms with Crippen molar-refractivity contribution >= 4 is 0 Å². The number of rotatable bonds is 5. The summed E-state index contributed by atoms with van der Waals surface area (Å²) >= 11 is 0. The van der Waals surface area contributed by atoms with Gasteiger partial charge in [0.1, 0.15) is 6.10 Å². The average molecular weight is 135 g/mol. The maximum absolute atomic E-state index is 11.4. The normalized spacial score (nSPS) is 13.7. The van der Waals surface area contributed by atoms with Crippen molar-refractivity contribution in [2.24, 2.45) is 0 Å². The Morgan fingerprint density at radius 1 is 1.56 bits per heavy atom. The molecule has 0 aliphatic heterocycles.